The Hall–Kier alpha value is -2.48. The molecule has 0 aliphatic heterocycles. The molecule has 6 N–H and O–H groups in total. The molecule has 1 rings (SSSR count). The molecule has 1 saturated carbocycles. The molecular weight excluding hydrogens is 751 g/mol. The van der Waals surface area contributed by atoms with Gasteiger partial charge in [-0.15, -0.1) is 0 Å². The average molecular weight is 825 g/mol. The van der Waals surface area contributed by atoms with Crippen molar-refractivity contribution in [2.24, 2.45) is 0 Å². The third-order valence-corrected chi connectivity index (χ3v) is 9.98. The number of esters is 1. The standard InChI is InChI=1S/C44H73O12P/c1-3-5-7-9-11-13-15-16-17-18-19-20-21-22-23-25-27-29-31-33-38(45)55-37(35-53-34-32-30-28-26-24-14-12-10-8-6-4-2)36-54-57(51,52)56-44-42(49)40(47)39(46)41(48)43(44)50/h5,7-8,10-11,13,16-17,19-20,22-23,27,29,37,39-44,46-50H,3-4,6,9,12,14-15,18,21,24-26,28,30-36H2,1-2H3,(H,51,52)/b7-5-,10-8-,13-11-,17-16-,20-19-,23-22-,29-27-. The van der Waals surface area contributed by atoms with Crippen molar-refractivity contribution in [1.82, 2.24) is 0 Å². The maximum absolute atomic E-state index is 12.8. The highest BCUT2D eigenvalue weighted by Crippen LogP contribution is 2.47. The van der Waals surface area contributed by atoms with Gasteiger partial charge in [0.15, 0.2) is 0 Å². The molecule has 0 spiro atoms. The lowest BCUT2D eigenvalue weighted by molar-refractivity contribution is -0.220. The predicted octanol–water partition coefficient (Wildman–Crippen LogP) is 7.80. The molecule has 0 aromatic heterocycles. The molecule has 0 radical (unpaired) electrons. The number of hydrogen-bond acceptors (Lipinski definition) is 11. The number of unbranched alkanes of at least 4 members (excludes halogenated alkanes) is 7. The minimum Gasteiger partial charge on any atom is -0.457 e. The van der Waals surface area contributed by atoms with Gasteiger partial charge in [0.05, 0.1) is 13.2 Å². The van der Waals surface area contributed by atoms with Gasteiger partial charge < -0.3 is 39.9 Å². The van der Waals surface area contributed by atoms with E-state index in [0.29, 0.717) is 19.4 Å². The number of carbonyl (C=O) groups is 1. The molecule has 326 valence electrons. The van der Waals surface area contributed by atoms with Crippen molar-refractivity contribution in [3.63, 3.8) is 0 Å². The molecule has 13 heteroatoms. The van der Waals surface area contributed by atoms with Gasteiger partial charge in [0.1, 0.15) is 42.7 Å². The first-order valence-electron chi connectivity index (χ1n) is 20.9. The summed E-state index contributed by atoms with van der Waals surface area (Å²) in [6.45, 7) is 3.95. The van der Waals surface area contributed by atoms with E-state index >= 15 is 0 Å². The van der Waals surface area contributed by atoms with Crippen molar-refractivity contribution in [2.75, 3.05) is 19.8 Å². The van der Waals surface area contributed by atoms with E-state index in [1.54, 1.807) is 0 Å². The molecule has 6 unspecified atom stereocenters. The normalized spacial score (nSPS) is 23.7. The molecule has 12 nitrogen and oxygen atoms in total. The number of aliphatic hydroxyl groups is 5. The van der Waals surface area contributed by atoms with Crippen LogP contribution in [0, 0.1) is 0 Å². The number of carbonyl (C=O) groups excluding carboxylic acids is 1. The lowest BCUT2D eigenvalue weighted by atomic mass is 9.85. The highest BCUT2D eigenvalue weighted by atomic mass is 31.2. The SMILES string of the molecule is CC/C=C\C/C=C\C/C=C\C/C=C\C/C=C\C/C=C\CCC(=O)OC(COCCCCCCCC/C=C\CCC)COP(=O)(O)OC1C(O)C(O)C(O)C(O)C1O. The maximum Gasteiger partial charge on any atom is 0.472 e. The van der Waals surface area contributed by atoms with Crippen LogP contribution in [0.1, 0.15) is 123 Å². The van der Waals surface area contributed by atoms with Gasteiger partial charge >= 0.3 is 13.8 Å². The Morgan fingerprint density at radius 3 is 1.58 bits per heavy atom. The van der Waals surface area contributed by atoms with Crippen molar-refractivity contribution in [3.05, 3.63) is 85.1 Å². The van der Waals surface area contributed by atoms with E-state index in [4.69, 9.17) is 18.5 Å². The van der Waals surface area contributed by atoms with Crippen LogP contribution in [-0.4, -0.2) is 98.9 Å². The smallest absolute Gasteiger partial charge is 0.457 e. The van der Waals surface area contributed by atoms with Crippen LogP contribution in [0.25, 0.3) is 0 Å². The molecule has 0 saturated heterocycles. The molecule has 0 aromatic carbocycles. The molecule has 6 atom stereocenters. The van der Waals surface area contributed by atoms with Gasteiger partial charge in [0.25, 0.3) is 0 Å². The van der Waals surface area contributed by atoms with Crippen molar-refractivity contribution in [1.29, 1.82) is 0 Å². The van der Waals surface area contributed by atoms with Crippen LogP contribution in [0.5, 0.6) is 0 Å². The molecule has 0 amide bonds. The first kappa shape index (κ1) is 52.5. The Morgan fingerprint density at radius 1 is 0.579 bits per heavy atom. The van der Waals surface area contributed by atoms with E-state index in [-0.39, 0.29) is 13.0 Å². The summed E-state index contributed by atoms with van der Waals surface area (Å²) in [5.74, 6) is -0.566. The van der Waals surface area contributed by atoms with Crippen molar-refractivity contribution in [3.8, 4) is 0 Å². The van der Waals surface area contributed by atoms with Crippen molar-refractivity contribution >= 4 is 13.8 Å². The fourth-order valence-electron chi connectivity index (χ4n) is 5.68. The number of aliphatic hydroxyl groups excluding tert-OH is 5. The molecular formula is C44H73O12P. The quantitative estimate of drug-likeness (QED) is 0.0163. The summed E-state index contributed by atoms with van der Waals surface area (Å²) in [7, 11) is -5.04. The first-order chi connectivity index (χ1) is 27.5. The Morgan fingerprint density at radius 2 is 1.04 bits per heavy atom. The third-order valence-electron chi connectivity index (χ3n) is 9.00. The summed E-state index contributed by atoms with van der Waals surface area (Å²) < 4.78 is 33.9. The van der Waals surface area contributed by atoms with Crippen LogP contribution in [-0.2, 0) is 27.9 Å². The fourth-order valence-corrected chi connectivity index (χ4v) is 6.65. The Balaban J connectivity index is 2.50. The average Bonchev–Trinajstić information content (AvgIpc) is 3.19. The summed E-state index contributed by atoms with van der Waals surface area (Å²) in [5, 5.41) is 50.0. The van der Waals surface area contributed by atoms with Gasteiger partial charge in [-0.3, -0.25) is 13.8 Å². The molecule has 1 aliphatic carbocycles. The molecule has 0 bridgehead atoms. The number of rotatable bonds is 33. The first-order valence-corrected chi connectivity index (χ1v) is 22.4. The van der Waals surface area contributed by atoms with E-state index in [2.05, 4.69) is 86.8 Å². The number of phosphoric acid groups is 1. The highest BCUT2D eigenvalue weighted by Gasteiger charge is 2.51. The largest absolute Gasteiger partial charge is 0.472 e. The van der Waals surface area contributed by atoms with Gasteiger partial charge in [-0.1, -0.05) is 131 Å². The summed E-state index contributed by atoms with van der Waals surface area (Å²) in [5.41, 5.74) is 0. The van der Waals surface area contributed by atoms with E-state index in [1.807, 2.05) is 12.2 Å². The summed E-state index contributed by atoms with van der Waals surface area (Å²) >= 11 is 0. The van der Waals surface area contributed by atoms with Gasteiger partial charge in [0.2, 0.25) is 0 Å². The molecule has 0 aromatic rings. The zero-order valence-corrected chi connectivity index (χ0v) is 35.2. The van der Waals surface area contributed by atoms with Gasteiger partial charge in [0, 0.05) is 13.0 Å². The van der Waals surface area contributed by atoms with Crippen LogP contribution in [0.4, 0.5) is 0 Å². The van der Waals surface area contributed by atoms with E-state index in [9.17, 15) is 39.8 Å². The number of phosphoric ester groups is 1. The summed E-state index contributed by atoms with van der Waals surface area (Å²) in [6, 6.07) is 0. The Kier molecular flexibility index (Phi) is 31.7. The zero-order chi connectivity index (χ0) is 42.0. The van der Waals surface area contributed by atoms with Crippen LogP contribution < -0.4 is 0 Å². The Bertz CT molecular complexity index is 1260. The number of ether oxygens (including phenoxy) is 2. The maximum atomic E-state index is 12.8. The monoisotopic (exact) mass is 824 g/mol. The van der Waals surface area contributed by atoms with Crippen LogP contribution in [0.15, 0.2) is 85.1 Å². The van der Waals surface area contributed by atoms with Gasteiger partial charge in [-0.05, 0) is 70.6 Å². The molecule has 1 aliphatic rings. The zero-order valence-electron chi connectivity index (χ0n) is 34.3. The van der Waals surface area contributed by atoms with Crippen LogP contribution in [0.2, 0.25) is 0 Å². The lowest BCUT2D eigenvalue weighted by Crippen LogP contribution is -2.64. The van der Waals surface area contributed by atoms with Gasteiger partial charge in [-0.2, -0.15) is 0 Å². The highest BCUT2D eigenvalue weighted by molar-refractivity contribution is 7.47. The van der Waals surface area contributed by atoms with E-state index < -0.39 is 63.1 Å². The van der Waals surface area contributed by atoms with Crippen LogP contribution >= 0.6 is 7.82 Å². The topological polar surface area (TPSA) is 192 Å². The van der Waals surface area contributed by atoms with E-state index in [1.165, 1.54) is 12.8 Å². The summed E-state index contributed by atoms with van der Waals surface area (Å²) in [6.07, 6.45) is 32.5. The van der Waals surface area contributed by atoms with Crippen molar-refractivity contribution < 1.29 is 58.3 Å². The van der Waals surface area contributed by atoms with E-state index in [0.717, 1.165) is 77.0 Å². The van der Waals surface area contributed by atoms with Crippen LogP contribution in [0.3, 0.4) is 0 Å². The number of hydrogen-bond donors (Lipinski definition) is 6. The number of allylic oxidation sites excluding steroid dienone is 14. The molecule has 1 fully saturated rings. The fraction of sp³-hybridized carbons (Fsp3) is 0.659. The lowest BCUT2D eigenvalue weighted by Gasteiger charge is -2.41. The summed E-state index contributed by atoms with van der Waals surface area (Å²) in [4.78, 5) is 23.0. The van der Waals surface area contributed by atoms with Crippen molar-refractivity contribution in [2.45, 2.75) is 166 Å². The second-order valence-corrected chi connectivity index (χ2v) is 15.5. The Labute approximate surface area is 342 Å². The second kappa shape index (κ2) is 34.4. The minimum atomic E-state index is -5.04. The third kappa shape index (κ3) is 27.0. The predicted molar refractivity (Wildman–Crippen MR) is 225 cm³/mol. The molecule has 57 heavy (non-hydrogen) atoms. The van der Waals surface area contributed by atoms with Gasteiger partial charge in [-0.25, -0.2) is 4.57 Å². The second-order valence-electron chi connectivity index (χ2n) is 14.1. The molecule has 0 heterocycles. The minimum absolute atomic E-state index is 0.0545.